The van der Waals surface area contributed by atoms with Crippen LogP contribution in [0.4, 0.5) is 5.13 Å². The average Bonchev–Trinajstić information content (AvgIpc) is 3.11. The highest BCUT2D eigenvalue weighted by molar-refractivity contribution is 9.10. The lowest BCUT2D eigenvalue weighted by atomic mass is 10.0. The van der Waals surface area contributed by atoms with Crippen molar-refractivity contribution in [2.75, 3.05) is 11.9 Å². The van der Waals surface area contributed by atoms with Crippen molar-refractivity contribution in [1.29, 1.82) is 0 Å². The van der Waals surface area contributed by atoms with Crippen molar-refractivity contribution in [3.8, 4) is 17.0 Å². The van der Waals surface area contributed by atoms with E-state index in [2.05, 4.69) is 46.1 Å². The molecular weight excluding hydrogens is 436 g/mol. The Labute approximate surface area is 178 Å². The van der Waals surface area contributed by atoms with Gasteiger partial charge < -0.3 is 4.74 Å². The Bertz CT molecular complexity index is 981. The zero-order valence-corrected chi connectivity index (χ0v) is 18.8. The van der Waals surface area contributed by atoms with Crippen molar-refractivity contribution in [3.05, 3.63) is 62.9 Å². The van der Waals surface area contributed by atoms with E-state index in [4.69, 9.17) is 4.74 Å². The molecule has 1 heterocycles. The molecule has 0 radical (unpaired) electrons. The first-order valence-corrected chi connectivity index (χ1v) is 10.8. The number of aryl methyl sites for hydroxylation is 2. The van der Waals surface area contributed by atoms with Crippen molar-refractivity contribution in [3.63, 3.8) is 0 Å². The number of hydrogen-bond donors (Lipinski definition) is 1. The molecule has 0 saturated heterocycles. The molecule has 6 heteroatoms. The van der Waals surface area contributed by atoms with E-state index in [9.17, 15) is 4.79 Å². The van der Waals surface area contributed by atoms with Crippen molar-refractivity contribution in [1.82, 2.24) is 4.98 Å². The van der Waals surface area contributed by atoms with Crippen LogP contribution in [0, 0.1) is 13.8 Å². The van der Waals surface area contributed by atoms with Gasteiger partial charge in [-0.05, 0) is 43.0 Å². The summed E-state index contributed by atoms with van der Waals surface area (Å²) in [6.07, 6.45) is 0. The third-order valence-corrected chi connectivity index (χ3v) is 5.98. The lowest BCUT2D eigenvalue weighted by molar-refractivity contribution is -0.118. The van der Waals surface area contributed by atoms with Crippen LogP contribution >= 0.6 is 27.3 Å². The van der Waals surface area contributed by atoms with Crippen LogP contribution in [0.25, 0.3) is 11.3 Å². The number of amides is 1. The average molecular weight is 459 g/mol. The van der Waals surface area contributed by atoms with Crippen LogP contribution in [0.2, 0.25) is 0 Å². The van der Waals surface area contributed by atoms with Gasteiger partial charge in [0.2, 0.25) is 0 Å². The lowest BCUT2D eigenvalue weighted by Crippen LogP contribution is -2.20. The molecule has 1 N–H and O–H groups in total. The molecule has 0 spiro atoms. The molecule has 0 aliphatic heterocycles. The molecule has 0 saturated carbocycles. The molecule has 4 nitrogen and oxygen atoms in total. The quantitative estimate of drug-likeness (QED) is 0.469. The van der Waals surface area contributed by atoms with Gasteiger partial charge in [-0.15, -0.1) is 11.3 Å². The van der Waals surface area contributed by atoms with E-state index < -0.39 is 0 Å². The van der Waals surface area contributed by atoms with Gasteiger partial charge >= 0.3 is 0 Å². The third-order valence-electron chi connectivity index (χ3n) is 4.37. The molecule has 1 aromatic heterocycles. The Morgan fingerprint density at radius 1 is 1.21 bits per heavy atom. The molecule has 0 unspecified atom stereocenters. The fraction of sp³-hybridized carbons (Fsp3) is 0.273. The summed E-state index contributed by atoms with van der Waals surface area (Å²) >= 11 is 4.96. The molecular formula is C22H23BrN2O2S. The van der Waals surface area contributed by atoms with E-state index in [1.165, 1.54) is 16.9 Å². The van der Waals surface area contributed by atoms with Crippen molar-refractivity contribution >= 4 is 38.3 Å². The van der Waals surface area contributed by atoms with E-state index in [1.807, 2.05) is 49.6 Å². The van der Waals surface area contributed by atoms with E-state index >= 15 is 0 Å². The van der Waals surface area contributed by atoms with Crippen LogP contribution in [-0.2, 0) is 4.79 Å². The number of carbonyl (C=O) groups excluding carboxylic acids is 1. The standard InChI is InChI=1S/C22H23BrN2O2S/c1-13(2)17-10-18(23)15(4)9-20(17)27-11-21(26)25-22-24-19(12-28-22)16-7-5-14(3)6-8-16/h5-10,12-13H,11H2,1-4H3,(H,24,25,26). The van der Waals surface area contributed by atoms with Gasteiger partial charge in [-0.3, -0.25) is 10.1 Å². The Hall–Kier alpha value is -2.18. The molecule has 3 aromatic rings. The lowest BCUT2D eigenvalue weighted by Gasteiger charge is -2.15. The summed E-state index contributed by atoms with van der Waals surface area (Å²) in [6, 6.07) is 12.2. The summed E-state index contributed by atoms with van der Waals surface area (Å²) in [5.74, 6) is 0.816. The molecule has 3 rings (SSSR count). The maximum atomic E-state index is 12.3. The number of aromatic nitrogens is 1. The number of hydrogen-bond acceptors (Lipinski definition) is 4. The summed E-state index contributed by atoms with van der Waals surface area (Å²) in [6.45, 7) is 8.20. The number of ether oxygens (including phenoxy) is 1. The molecule has 2 aromatic carbocycles. The minimum Gasteiger partial charge on any atom is -0.483 e. The summed E-state index contributed by atoms with van der Waals surface area (Å²) < 4.78 is 6.86. The molecule has 1 amide bonds. The highest BCUT2D eigenvalue weighted by Gasteiger charge is 2.14. The fourth-order valence-electron chi connectivity index (χ4n) is 2.73. The van der Waals surface area contributed by atoms with Crippen molar-refractivity contribution in [2.45, 2.75) is 33.6 Å². The second-order valence-corrected chi connectivity index (χ2v) is 8.75. The van der Waals surface area contributed by atoms with Gasteiger partial charge in [0.15, 0.2) is 11.7 Å². The highest BCUT2D eigenvalue weighted by Crippen LogP contribution is 2.32. The highest BCUT2D eigenvalue weighted by atomic mass is 79.9. The van der Waals surface area contributed by atoms with Gasteiger partial charge in [0.1, 0.15) is 5.75 Å². The maximum Gasteiger partial charge on any atom is 0.264 e. The first kappa shape index (κ1) is 20.6. The van der Waals surface area contributed by atoms with Crippen LogP contribution in [0.15, 0.2) is 46.3 Å². The van der Waals surface area contributed by atoms with E-state index in [0.29, 0.717) is 11.0 Å². The molecule has 0 aliphatic rings. The van der Waals surface area contributed by atoms with Crippen LogP contribution in [0.3, 0.4) is 0 Å². The number of rotatable bonds is 6. The van der Waals surface area contributed by atoms with E-state index in [-0.39, 0.29) is 12.5 Å². The molecule has 146 valence electrons. The monoisotopic (exact) mass is 458 g/mol. The van der Waals surface area contributed by atoms with Gasteiger partial charge in [0.25, 0.3) is 5.91 Å². The third kappa shape index (κ3) is 5.00. The Morgan fingerprint density at radius 3 is 2.61 bits per heavy atom. The summed E-state index contributed by atoms with van der Waals surface area (Å²) in [5, 5.41) is 5.33. The Balaban J connectivity index is 1.64. The minimum atomic E-state index is -0.222. The number of anilines is 1. The number of carbonyl (C=O) groups is 1. The Morgan fingerprint density at radius 2 is 1.93 bits per heavy atom. The zero-order chi connectivity index (χ0) is 20.3. The zero-order valence-electron chi connectivity index (χ0n) is 16.4. The first-order chi connectivity index (χ1) is 13.3. The van der Waals surface area contributed by atoms with Crippen molar-refractivity contribution in [2.24, 2.45) is 0 Å². The predicted octanol–water partition coefficient (Wildman–Crippen LogP) is 6.33. The van der Waals surface area contributed by atoms with Gasteiger partial charge in [0, 0.05) is 15.4 Å². The van der Waals surface area contributed by atoms with Crippen LogP contribution in [-0.4, -0.2) is 17.5 Å². The van der Waals surface area contributed by atoms with Gasteiger partial charge in [-0.25, -0.2) is 4.98 Å². The predicted molar refractivity (Wildman–Crippen MR) is 119 cm³/mol. The van der Waals surface area contributed by atoms with Gasteiger partial charge in [-0.1, -0.05) is 59.6 Å². The smallest absolute Gasteiger partial charge is 0.264 e. The number of benzene rings is 2. The molecule has 0 bridgehead atoms. The van der Waals surface area contributed by atoms with E-state index in [0.717, 1.165) is 32.6 Å². The molecule has 0 atom stereocenters. The maximum absolute atomic E-state index is 12.3. The SMILES string of the molecule is Cc1ccc(-c2csc(NC(=O)COc3cc(C)c(Br)cc3C(C)C)n2)cc1. The second kappa shape index (κ2) is 8.88. The van der Waals surface area contributed by atoms with E-state index in [1.54, 1.807) is 0 Å². The Kier molecular flexibility index (Phi) is 6.52. The van der Waals surface area contributed by atoms with Crippen molar-refractivity contribution < 1.29 is 9.53 Å². The van der Waals surface area contributed by atoms with Crippen LogP contribution in [0.5, 0.6) is 5.75 Å². The van der Waals surface area contributed by atoms with Gasteiger partial charge in [0.05, 0.1) is 5.69 Å². The minimum absolute atomic E-state index is 0.0553. The topological polar surface area (TPSA) is 51.2 Å². The van der Waals surface area contributed by atoms with Crippen LogP contribution < -0.4 is 10.1 Å². The molecule has 0 aliphatic carbocycles. The number of thiazole rings is 1. The first-order valence-electron chi connectivity index (χ1n) is 9.08. The number of halogens is 1. The van der Waals surface area contributed by atoms with Crippen LogP contribution in [0.1, 0.15) is 36.5 Å². The fourth-order valence-corrected chi connectivity index (χ4v) is 3.83. The molecule has 0 fully saturated rings. The number of nitrogens with one attached hydrogen (secondary N) is 1. The summed E-state index contributed by atoms with van der Waals surface area (Å²) in [4.78, 5) is 16.8. The normalized spacial score (nSPS) is 10.9. The van der Waals surface area contributed by atoms with Gasteiger partial charge in [-0.2, -0.15) is 0 Å². The second-order valence-electron chi connectivity index (χ2n) is 7.03. The molecule has 28 heavy (non-hydrogen) atoms. The summed E-state index contributed by atoms with van der Waals surface area (Å²) in [5.41, 5.74) is 5.23. The summed E-state index contributed by atoms with van der Waals surface area (Å²) in [7, 11) is 0. The number of nitrogens with zero attached hydrogens (tertiary/aromatic N) is 1. The largest absolute Gasteiger partial charge is 0.483 e.